The van der Waals surface area contributed by atoms with Crippen LogP contribution in [0.1, 0.15) is 25.3 Å². The fraction of sp³-hybridized carbons (Fsp3) is 0.391. The summed E-state index contributed by atoms with van der Waals surface area (Å²) in [6, 6.07) is 15.4. The molecule has 0 radical (unpaired) electrons. The normalized spacial score (nSPS) is 12.8. The molecule has 1 aliphatic rings. The van der Waals surface area contributed by atoms with E-state index in [1.54, 1.807) is 12.0 Å². The quantitative estimate of drug-likeness (QED) is 0.687. The van der Waals surface area contributed by atoms with Crippen LogP contribution in [-0.4, -0.2) is 50.1 Å². The van der Waals surface area contributed by atoms with Gasteiger partial charge in [-0.25, -0.2) is 0 Å². The second-order valence-corrected chi connectivity index (χ2v) is 7.06. The zero-order valence-electron chi connectivity index (χ0n) is 17.1. The summed E-state index contributed by atoms with van der Waals surface area (Å²) in [6.07, 6.45) is 2.27. The van der Waals surface area contributed by atoms with Crippen molar-refractivity contribution in [2.75, 3.05) is 38.3 Å². The Morgan fingerprint density at radius 1 is 1.03 bits per heavy atom. The highest BCUT2D eigenvalue weighted by atomic mass is 16.5. The lowest BCUT2D eigenvalue weighted by molar-refractivity contribution is -0.129. The second-order valence-electron chi connectivity index (χ2n) is 7.06. The number of para-hydroxylation sites is 1. The molecule has 154 valence electrons. The number of hydrogen-bond acceptors (Lipinski definition) is 4. The number of hydrogen-bond donors (Lipinski definition) is 0. The fourth-order valence-electron chi connectivity index (χ4n) is 3.53. The summed E-state index contributed by atoms with van der Waals surface area (Å²) in [4.78, 5) is 28.3. The number of fused-ring (bicyclic) bond motifs is 1. The predicted molar refractivity (Wildman–Crippen MR) is 112 cm³/mol. The molecule has 1 aliphatic heterocycles. The van der Waals surface area contributed by atoms with E-state index in [1.807, 2.05) is 47.4 Å². The molecule has 3 rings (SSSR count). The van der Waals surface area contributed by atoms with Gasteiger partial charge in [-0.2, -0.15) is 0 Å². The smallest absolute Gasteiger partial charge is 0.228 e. The number of anilines is 1. The van der Waals surface area contributed by atoms with Crippen molar-refractivity contribution >= 4 is 17.5 Å². The largest absolute Gasteiger partial charge is 0.497 e. The third-order valence-electron chi connectivity index (χ3n) is 5.14. The Hall–Kier alpha value is -3.02. The van der Waals surface area contributed by atoms with Crippen LogP contribution in [0.25, 0.3) is 0 Å². The van der Waals surface area contributed by atoms with E-state index in [0.29, 0.717) is 26.1 Å². The Balaban J connectivity index is 1.50. The molecule has 2 aromatic rings. The van der Waals surface area contributed by atoms with Gasteiger partial charge >= 0.3 is 0 Å². The van der Waals surface area contributed by atoms with E-state index >= 15 is 0 Å². The topological polar surface area (TPSA) is 59.1 Å². The first-order valence-electron chi connectivity index (χ1n) is 9.99. The van der Waals surface area contributed by atoms with Crippen molar-refractivity contribution in [3.8, 4) is 11.5 Å². The minimum atomic E-state index is -0.0600. The maximum atomic E-state index is 12.8. The number of rotatable bonds is 8. The minimum absolute atomic E-state index is 0.0551. The first-order valence-corrected chi connectivity index (χ1v) is 9.99. The lowest BCUT2D eigenvalue weighted by atomic mass is 10.0. The zero-order valence-corrected chi connectivity index (χ0v) is 17.1. The highest BCUT2D eigenvalue weighted by molar-refractivity contribution is 5.94. The van der Waals surface area contributed by atoms with Crippen LogP contribution in [0.5, 0.6) is 11.5 Å². The Bertz CT molecular complexity index is 835. The number of aryl methyl sites for hydroxylation is 1. The average Bonchev–Trinajstić information content (AvgIpc) is 2.75. The molecular weight excluding hydrogens is 368 g/mol. The Kier molecular flexibility index (Phi) is 7.11. The number of carbonyl (C=O) groups is 2. The molecule has 0 spiro atoms. The highest BCUT2D eigenvalue weighted by Crippen LogP contribution is 2.27. The van der Waals surface area contributed by atoms with Crippen LogP contribution in [0.4, 0.5) is 5.69 Å². The average molecular weight is 396 g/mol. The molecule has 2 aromatic carbocycles. The van der Waals surface area contributed by atoms with Crippen molar-refractivity contribution in [1.82, 2.24) is 4.90 Å². The van der Waals surface area contributed by atoms with Gasteiger partial charge in [0.25, 0.3) is 0 Å². The molecular formula is C23H28N2O4. The van der Waals surface area contributed by atoms with Crippen molar-refractivity contribution in [2.24, 2.45) is 0 Å². The monoisotopic (exact) mass is 396 g/mol. The number of nitrogens with zero attached hydrogens (tertiary/aromatic N) is 2. The van der Waals surface area contributed by atoms with E-state index in [2.05, 4.69) is 6.07 Å². The molecule has 0 fully saturated rings. The van der Waals surface area contributed by atoms with E-state index in [0.717, 1.165) is 36.6 Å². The van der Waals surface area contributed by atoms with Gasteiger partial charge in [0.1, 0.15) is 18.1 Å². The van der Waals surface area contributed by atoms with Gasteiger partial charge in [0, 0.05) is 32.1 Å². The van der Waals surface area contributed by atoms with E-state index in [-0.39, 0.29) is 11.8 Å². The SMILES string of the molecule is COc1ccc(OCCN(CCC(=O)N2CCCc3ccccc32)C(C)=O)cc1. The van der Waals surface area contributed by atoms with Crippen LogP contribution in [0.3, 0.4) is 0 Å². The molecule has 0 unspecified atom stereocenters. The van der Waals surface area contributed by atoms with Gasteiger partial charge in [-0.1, -0.05) is 18.2 Å². The second kappa shape index (κ2) is 9.96. The van der Waals surface area contributed by atoms with Gasteiger partial charge in [-0.05, 0) is 48.7 Å². The van der Waals surface area contributed by atoms with Gasteiger partial charge in [0.05, 0.1) is 13.7 Å². The summed E-state index contributed by atoms with van der Waals surface area (Å²) in [7, 11) is 1.62. The van der Waals surface area contributed by atoms with Crippen LogP contribution < -0.4 is 14.4 Å². The molecule has 1 heterocycles. The third-order valence-corrected chi connectivity index (χ3v) is 5.14. The van der Waals surface area contributed by atoms with Crippen molar-refractivity contribution in [2.45, 2.75) is 26.2 Å². The number of amides is 2. The molecule has 2 amide bonds. The van der Waals surface area contributed by atoms with E-state index < -0.39 is 0 Å². The lowest BCUT2D eigenvalue weighted by Gasteiger charge is -2.30. The summed E-state index contributed by atoms with van der Waals surface area (Å²) < 4.78 is 10.8. The standard InChI is InChI=1S/C23H28N2O4/c1-18(26)24(16-17-29-21-11-9-20(28-2)10-12-21)15-13-23(27)25-14-5-7-19-6-3-4-8-22(19)25/h3-4,6,8-12H,5,7,13-17H2,1-2H3. The number of carbonyl (C=O) groups excluding carboxylic acids is 2. The van der Waals surface area contributed by atoms with Crippen LogP contribution >= 0.6 is 0 Å². The van der Waals surface area contributed by atoms with Crippen molar-refractivity contribution in [3.63, 3.8) is 0 Å². The van der Waals surface area contributed by atoms with Crippen molar-refractivity contribution < 1.29 is 19.1 Å². The van der Waals surface area contributed by atoms with E-state index in [4.69, 9.17) is 9.47 Å². The first-order chi connectivity index (χ1) is 14.1. The number of benzene rings is 2. The van der Waals surface area contributed by atoms with Crippen molar-refractivity contribution in [3.05, 3.63) is 54.1 Å². The van der Waals surface area contributed by atoms with Gasteiger partial charge in [0.2, 0.25) is 11.8 Å². The van der Waals surface area contributed by atoms with Crippen LogP contribution in [-0.2, 0) is 16.0 Å². The minimum Gasteiger partial charge on any atom is -0.497 e. The summed E-state index contributed by atoms with van der Waals surface area (Å²) in [6.45, 7) is 3.45. The van der Waals surface area contributed by atoms with Gasteiger partial charge in [0.15, 0.2) is 0 Å². The Morgan fingerprint density at radius 3 is 2.48 bits per heavy atom. The van der Waals surface area contributed by atoms with Crippen LogP contribution in [0.2, 0.25) is 0 Å². The maximum absolute atomic E-state index is 12.8. The summed E-state index contributed by atoms with van der Waals surface area (Å²) in [5.74, 6) is 1.48. The van der Waals surface area contributed by atoms with E-state index in [1.165, 1.54) is 12.5 Å². The van der Waals surface area contributed by atoms with Gasteiger partial charge in [-0.15, -0.1) is 0 Å². The molecule has 0 saturated heterocycles. The number of methoxy groups -OCH3 is 1. The first kappa shape index (κ1) is 20.7. The lowest BCUT2D eigenvalue weighted by Crippen LogP contribution is -2.39. The molecule has 0 aliphatic carbocycles. The molecule has 6 nitrogen and oxygen atoms in total. The molecule has 0 atom stereocenters. The third kappa shape index (κ3) is 5.50. The zero-order chi connectivity index (χ0) is 20.6. The molecule has 0 aromatic heterocycles. The predicted octanol–water partition coefficient (Wildman–Crippen LogP) is 3.29. The summed E-state index contributed by atoms with van der Waals surface area (Å²) >= 11 is 0. The van der Waals surface area contributed by atoms with Crippen molar-refractivity contribution in [1.29, 1.82) is 0 Å². The van der Waals surface area contributed by atoms with Gasteiger partial charge in [-0.3, -0.25) is 9.59 Å². The maximum Gasteiger partial charge on any atom is 0.228 e. The molecule has 0 bridgehead atoms. The Labute approximate surface area is 172 Å². The number of ether oxygens (including phenoxy) is 2. The van der Waals surface area contributed by atoms with Crippen LogP contribution in [0.15, 0.2) is 48.5 Å². The summed E-state index contributed by atoms with van der Waals surface area (Å²) in [5.41, 5.74) is 2.21. The molecule has 0 N–H and O–H groups in total. The summed E-state index contributed by atoms with van der Waals surface area (Å²) in [5, 5.41) is 0. The molecule has 0 saturated carbocycles. The highest BCUT2D eigenvalue weighted by Gasteiger charge is 2.22. The van der Waals surface area contributed by atoms with E-state index in [9.17, 15) is 9.59 Å². The van der Waals surface area contributed by atoms with Gasteiger partial charge < -0.3 is 19.3 Å². The Morgan fingerprint density at radius 2 is 1.76 bits per heavy atom. The fourth-order valence-corrected chi connectivity index (χ4v) is 3.53. The van der Waals surface area contributed by atoms with Crippen LogP contribution in [0, 0.1) is 0 Å². The molecule has 29 heavy (non-hydrogen) atoms. The molecule has 6 heteroatoms.